The van der Waals surface area contributed by atoms with Crippen LogP contribution in [0.3, 0.4) is 0 Å². The summed E-state index contributed by atoms with van der Waals surface area (Å²) in [7, 11) is 3.33. The van der Waals surface area contributed by atoms with Gasteiger partial charge in [-0.1, -0.05) is 18.2 Å². The van der Waals surface area contributed by atoms with Crippen LogP contribution in [0.25, 0.3) is 10.9 Å². The molecule has 2 aromatic rings. The molecule has 0 fully saturated rings. The lowest BCUT2D eigenvalue weighted by atomic mass is 10.1. The predicted molar refractivity (Wildman–Crippen MR) is 71.3 cm³/mol. The summed E-state index contributed by atoms with van der Waals surface area (Å²) >= 11 is 0. The number of rotatable bonds is 6. The van der Waals surface area contributed by atoms with E-state index in [4.69, 9.17) is 9.47 Å². The Labute approximate surface area is 107 Å². The molecule has 1 aromatic carbocycles. The number of hydrogen-bond acceptors (Lipinski definition) is 2. The van der Waals surface area contributed by atoms with Crippen molar-refractivity contribution in [2.75, 3.05) is 20.8 Å². The van der Waals surface area contributed by atoms with E-state index in [0.29, 0.717) is 6.04 Å². The molecule has 0 unspecified atom stereocenters. The van der Waals surface area contributed by atoms with E-state index in [1.807, 2.05) is 6.07 Å². The first-order valence-corrected chi connectivity index (χ1v) is 6.21. The first-order chi connectivity index (χ1) is 8.76. The van der Waals surface area contributed by atoms with Crippen molar-refractivity contribution in [1.29, 1.82) is 0 Å². The summed E-state index contributed by atoms with van der Waals surface area (Å²) in [5.74, 6) is 0. The highest BCUT2D eigenvalue weighted by atomic mass is 16.7. The number of H-pyrrole nitrogens is 1. The molecule has 98 valence electrons. The van der Waals surface area contributed by atoms with Gasteiger partial charge in [0.2, 0.25) is 6.29 Å². The number of para-hydroxylation sites is 1. The molecule has 3 N–H and O–H groups in total. The smallest absolute Gasteiger partial charge is 0.206 e. The summed E-state index contributed by atoms with van der Waals surface area (Å²) in [5.41, 5.74) is 2.50. The quantitative estimate of drug-likeness (QED) is 0.761. The Kier molecular flexibility index (Phi) is 4.36. The Morgan fingerprint density at radius 2 is 1.94 bits per heavy atom. The van der Waals surface area contributed by atoms with E-state index in [9.17, 15) is 0 Å². The second kappa shape index (κ2) is 6.00. The monoisotopic (exact) mass is 249 g/mol. The van der Waals surface area contributed by atoms with Gasteiger partial charge in [0.25, 0.3) is 0 Å². The van der Waals surface area contributed by atoms with Crippen LogP contribution in [0.4, 0.5) is 0 Å². The van der Waals surface area contributed by atoms with Crippen molar-refractivity contribution in [2.45, 2.75) is 19.3 Å². The Balaban J connectivity index is 2.07. The topological polar surface area (TPSA) is 50.9 Å². The maximum absolute atomic E-state index is 5.19. The SMILES string of the molecule is COC(C[NH2+][C@@H](C)c1c[nH]c2ccccc12)OC. The zero-order chi connectivity index (χ0) is 13.0. The standard InChI is InChI=1S/C14H20N2O2/c1-10(15-9-14(17-2)18-3)12-8-16-13-7-5-4-6-11(12)13/h4-8,10,14-16H,9H2,1-3H3/p+1/t10-/m0/s1. The van der Waals surface area contributed by atoms with Crippen molar-refractivity contribution in [3.63, 3.8) is 0 Å². The average molecular weight is 249 g/mol. The van der Waals surface area contributed by atoms with Crippen molar-refractivity contribution in [2.24, 2.45) is 0 Å². The van der Waals surface area contributed by atoms with E-state index < -0.39 is 0 Å². The maximum Gasteiger partial charge on any atom is 0.206 e. The third kappa shape index (κ3) is 2.72. The molecule has 18 heavy (non-hydrogen) atoms. The van der Waals surface area contributed by atoms with E-state index in [1.54, 1.807) is 14.2 Å². The largest absolute Gasteiger partial charge is 0.361 e. The third-order valence-electron chi connectivity index (χ3n) is 3.32. The first kappa shape index (κ1) is 13.1. The molecule has 0 bridgehead atoms. The highest BCUT2D eigenvalue weighted by Crippen LogP contribution is 2.21. The summed E-state index contributed by atoms with van der Waals surface area (Å²) in [6.45, 7) is 2.98. The Morgan fingerprint density at radius 1 is 1.22 bits per heavy atom. The Morgan fingerprint density at radius 3 is 2.67 bits per heavy atom. The number of fused-ring (bicyclic) bond motifs is 1. The molecule has 0 radical (unpaired) electrons. The fraction of sp³-hybridized carbons (Fsp3) is 0.429. The third-order valence-corrected chi connectivity index (χ3v) is 3.32. The minimum atomic E-state index is -0.155. The number of aromatic amines is 1. The van der Waals surface area contributed by atoms with Crippen molar-refractivity contribution < 1.29 is 14.8 Å². The van der Waals surface area contributed by atoms with Gasteiger partial charge in [-0.15, -0.1) is 0 Å². The second-order valence-corrected chi connectivity index (χ2v) is 4.45. The molecule has 0 amide bonds. The Hall–Kier alpha value is -1.36. The van der Waals surface area contributed by atoms with Crippen LogP contribution in [-0.4, -0.2) is 32.0 Å². The normalized spacial score (nSPS) is 13.3. The molecule has 1 atom stereocenters. The minimum Gasteiger partial charge on any atom is -0.361 e. The number of quaternary nitrogens is 1. The van der Waals surface area contributed by atoms with Crippen LogP contribution >= 0.6 is 0 Å². The molecule has 4 nitrogen and oxygen atoms in total. The average Bonchev–Trinajstić information content (AvgIpc) is 2.83. The van der Waals surface area contributed by atoms with Crippen molar-refractivity contribution in [3.05, 3.63) is 36.0 Å². The van der Waals surface area contributed by atoms with E-state index >= 15 is 0 Å². The lowest BCUT2D eigenvalue weighted by molar-refractivity contribution is -0.703. The van der Waals surface area contributed by atoms with Crippen LogP contribution in [0.5, 0.6) is 0 Å². The van der Waals surface area contributed by atoms with E-state index in [2.05, 4.69) is 41.6 Å². The van der Waals surface area contributed by atoms with Gasteiger partial charge in [-0.25, -0.2) is 0 Å². The number of hydrogen-bond donors (Lipinski definition) is 2. The van der Waals surface area contributed by atoms with E-state index in [1.165, 1.54) is 16.5 Å². The molecule has 0 saturated carbocycles. The maximum atomic E-state index is 5.19. The van der Waals surface area contributed by atoms with Crippen LogP contribution in [-0.2, 0) is 9.47 Å². The second-order valence-electron chi connectivity index (χ2n) is 4.45. The van der Waals surface area contributed by atoms with Gasteiger partial charge in [0.1, 0.15) is 12.6 Å². The number of nitrogens with two attached hydrogens (primary N) is 1. The number of aromatic nitrogens is 1. The van der Waals surface area contributed by atoms with Crippen LogP contribution in [0.2, 0.25) is 0 Å². The van der Waals surface area contributed by atoms with Gasteiger partial charge < -0.3 is 19.8 Å². The van der Waals surface area contributed by atoms with Crippen LogP contribution < -0.4 is 5.32 Å². The van der Waals surface area contributed by atoms with Gasteiger partial charge in [0, 0.05) is 36.9 Å². The fourth-order valence-electron chi connectivity index (χ4n) is 2.20. The van der Waals surface area contributed by atoms with Crippen molar-refractivity contribution in [1.82, 2.24) is 4.98 Å². The summed E-state index contributed by atoms with van der Waals surface area (Å²) in [4.78, 5) is 3.30. The summed E-state index contributed by atoms with van der Waals surface area (Å²) in [5, 5.41) is 3.51. The lowest BCUT2D eigenvalue weighted by Crippen LogP contribution is -2.86. The summed E-state index contributed by atoms with van der Waals surface area (Å²) in [6.07, 6.45) is 1.93. The predicted octanol–water partition coefficient (Wildman–Crippen LogP) is 1.41. The fourth-order valence-corrected chi connectivity index (χ4v) is 2.20. The van der Waals surface area contributed by atoms with Gasteiger partial charge in [-0.3, -0.25) is 0 Å². The number of ether oxygens (including phenoxy) is 2. The zero-order valence-electron chi connectivity index (χ0n) is 11.1. The van der Waals surface area contributed by atoms with E-state index in [0.717, 1.165) is 6.54 Å². The molecule has 0 spiro atoms. The molecule has 2 rings (SSSR count). The van der Waals surface area contributed by atoms with Crippen molar-refractivity contribution in [3.8, 4) is 0 Å². The molecule has 4 heteroatoms. The molecular formula is C14H21N2O2+. The van der Waals surface area contributed by atoms with Gasteiger partial charge in [-0.05, 0) is 13.0 Å². The number of nitrogens with one attached hydrogen (secondary N) is 1. The van der Waals surface area contributed by atoms with Crippen LogP contribution in [0.1, 0.15) is 18.5 Å². The van der Waals surface area contributed by atoms with Gasteiger partial charge in [-0.2, -0.15) is 0 Å². The molecular weight excluding hydrogens is 228 g/mol. The molecule has 1 heterocycles. The number of benzene rings is 1. The highest BCUT2D eigenvalue weighted by Gasteiger charge is 2.16. The highest BCUT2D eigenvalue weighted by molar-refractivity contribution is 5.83. The van der Waals surface area contributed by atoms with Crippen LogP contribution in [0.15, 0.2) is 30.5 Å². The van der Waals surface area contributed by atoms with Crippen molar-refractivity contribution >= 4 is 10.9 Å². The zero-order valence-corrected chi connectivity index (χ0v) is 11.1. The first-order valence-electron chi connectivity index (χ1n) is 6.21. The van der Waals surface area contributed by atoms with Crippen LogP contribution in [0, 0.1) is 0 Å². The number of methoxy groups -OCH3 is 2. The summed E-state index contributed by atoms with van der Waals surface area (Å²) < 4.78 is 10.4. The minimum absolute atomic E-state index is 0.155. The molecule has 1 aromatic heterocycles. The van der Waals surface area contributed by atoms with Gasteiger partial charge >= 0.3 is 0 Å². The van der Waals surface area contributed by atoms with Gasteiger partial charge in [0.15, 0.2) is 0 Å². The molecule has 0 aliphatic rings. The van der Waals surface area contributed by atoms with E-state index in [-0.39, 0.29) is 6.29 Å². The molecule has 0 aliphatic carbocycles. The Bertz CT molecular complexity index is 491. The molecule has 0 aliphatic heterocycles. The summed E-state index contributed by atoms with van der Waals surface area (Å²) in [6, 6.07) is 8.73. The lowest BCUT2D eigenvalue weighted by Gasteiger charge is -2.15. The molecule has 0 saturated heterocycles. The van der Waals surface area contributed by atoms with Gasteiger partial charge in [0.05, 0.1) is 0 Å².